The summed E-state index contributed by atoms with van der Waals surface area (Å²) in [5.74, 6) is 1.60. The summed E-state index contributed by atoms with van der Waals surface area (Å²) in [6.45, 7) is 15.2. The lowest BCUT2D eigenvalue weighted by atomic mass is 9.82. The highest BCUT2D eigenvalue weighted by Gasteiger charge is 2.30. The highest BCUT2D eigenvalue weighted by molar-refractivity contribution is 6.22. The second kappa shape index (κ2) is 16.2. The average molecular weight is 575 g/mol. The van der Waals surface area contributed by atoms with Crippen molar-refractivity contribution in [3.8, 4) is 28.5 Å². The molecule has 0 fully saturated rings. The van der Waals surface area contributed by atoms with E-state index in [1.807, 2.05) is 32.1 Å². The van der Waals surface area contributed by atoms with Gasteiger partial charge in [-0.15, -0.1) is 0 Å². The third kappa shape index (κ3) is 8.27. The Bertz CT molecular complexity index is 1320. The summed E-state index contributed by atoms with van der Waals surface area (Å²) in [5.41, 5.74) is 5.57. The second-order valence-corrected chi connectivity index (χ2v) is 11.3. The second-order valence-electron chi connectivity index (χ2n) is 11.3. The fourth-order valence-corrected chi connectivity index (χ4v) is 5.16. The zero-order chi connectivity index (χ0) is 30.6. The Balaban J connectivity index is 0.000000730. The van der Waals surface area contributed by atoms with E-state index in [0.717, 1.165) is 46.4 Å². The Morgan fingerprint density at radius 1 is 1.10 bits per heavy atom. The van der Waals surface area contributed by atoms with Crippen LogP contribution < -0.4 is 9.47 Å². The van der Waals surface area contributed by atoms with E-state index in [4.69, 9.17) is 9.47 Å². The van der Waals surface area contributed by atoms with Crippen molar-refractivity contribution in [2.24, 2.45) is 5.92 Å². The predicted molar refractivity (Wildman–Crippen MR) is 172 cm³/mol. The van der Waals surface area contributed by atoms with E-state index in [9.17, 15) is 9.90 Å². The third-order valence-corrected chi connectivity index (χ3v) is 8.13. The molecule has 4 rings (SSSR count). The van der Waals surface area contributed by atoms with E-state index in [-0.39, 0.29) is 29.5 Å². The van der Waals surface area contributed by atoms with Crippen LogP contribution in [0.1, 0.15) is 110 Å². The zero-order valence-electron chi connectivity index (χ0n) is 26.6. The number of H-pyrrole nitrogens is 1. The molecule has 1 aliphatic rings. The van der Waals surface area contributed by atoms with E-state index in [1.165, 1.54) is 25.7 Å². The first-order chi connectivity index (χ1) is 20.3. The van der Waals surface area contributed by atoms with Gasteiger partial charge in [-0.1, -0.05) is 84.6 Å². The molecule has 2 heterocycles. The van der Waals surface area contributed by atoms with Crippen LogP contribution in [0.3, 0.4) is 0 Å². The first kappa shape index (κ1) is 33.0. The Morgan fingerprint density at radius 2 is 1.83 bits per heavy atom. The normalized spacial score (nSPS) is 16.0. The molecule has 1 aromatic heterocycles. The van der Waals surface area contributed by atoms with Crippen molar-refractivity contribution >= 4 is 11.4 Å². The van der Waals surface area contributed by atoms with Gasteiger partial charge >= 0.3 is 0 Å². The average Bonchev–Trinajstić information content (AvgIpc) is 3.47. The Morgan fingerprint density at radius 3 is 2.48 bits per heavy atom. The highest BCUT2D eigenvalue weighted by atomic mass is 16.5. The number of ether oxygens (including phenoxy) is 2. The van der Waals surface area contributed by atoms with E-state index in [1.54, 1.807) is 24.4 Å². The summed E-state index contributed by atoms with van der Waals surface area (Å²) < 4.78 is 11.9. The maximum absolute atomic E-state index is 13.8. The first-order valence-electron chi connectivity index (χ1n) is 15.8. The van der Waals surface area contributed by atoms with Crippen molar-refractivity contribution in [3.63, 3.8) is 0 Å². The summed E-state index contributed by atoms with van der Waals surface area (Å²) in [6, 6.07) is 11.3. The number of ketones is 1. The van der Waals surface area contributed by atoms with Gasteiger partial charge in [-0.25, -0.2) is 5.10 Å². The van der Waals surface area contributed by atoms with Gasteiger partial charge in [-0.05, 0) is 79.5 Å². The maximum atomic E-state index is 13.8. The van der Waals surface area contributed by atoms with Gasteiger partial charge in [-0.2, -0.15) is 5.10 Å². The molecule has 0 bridgehead atoms. The monoisotopic (exact) mass is 574 g/mol. The van der Waals surface area contributed by atoms with Crippen molar-refractivity contribution in [3.05, 3.63) is 65.4 Å². The minimum atomic E-state index is -0.306. The number of hydrogen-bond donors (Lipinski definition) is 2. The van der Waals surface area contributed by atoms with Gasteiger partial charge < -0.3 is 14.6 Å². The van der Waals surface area contributed by atoms with Crippen molar-refractivity contribution in [1.29, 1.82) is 0 Å². The van der Waals surface area contributed by atoms with Gasteiger partial charge in [0.2, 0.25) is 5.88 Å². The van der Waals surface area contributed by atoms with Crippen LogP contribution in [0.25, 0.3) is 16.7 Å². The molecule has 228 valence electrons. The van der Waals surface area contributed by atoms with E-state index < -0.39 is 0 Å². The van der Waals surface area contributed by atoms with Crippen LogP contribution in [0.4, 0.5) is 0 Å². The molecule has 3 unspecified atom stereocenters. The molecule has 0 spiro atoms. The number of fused-ring (bicyclic) bond motifs is 1. The lowest BCUT2D eigenvalue weighted by Gasteiger charge is -2.26. The molecule has 6 heteroatoms. The topological polar surface area (TPSA) is 84.4 Å². The molecule has 3 aromatic rings. The number of allylic oxidation sites excluding steroid dienone is 2. The van der Waals surface area contributed by atoms with Gasteiger partial charge in [0.15, 0.2) is 5.78 Å². The highest BCUT2D eigenvalue weighted by Crippen LogP contribution is 2.38. The van der Waals surface area contributed by atoms with Crippen LogP contribution in [0.2, 0.25) is 0 Å². The summed E-state index contributed by atoms with van der Waals surface area (Å²) in [7, 11) is 0. The van der Waals surface area contributed by atoms with Gasteiger partial charge in [0.25, 0.3) is 0 Å². The molecule has 0 amide bonds. The quantitative estimate of drug-likeness (QED) is 0.166. The molecule has 2 aromatic carbocycles. The summed E-state index contributed by atoms with van der Waals surface area (Å²) in [5, 5.41) is 17.1. The Labute approximate surface area is 252 Å². The number of phenolic OH excluding ortho intramolecular Hbond substituents is 1. The smallest absolute Gasteiger partial charge is 0.217 e. The van der Waals surface area contributed by atoms with Crippen molar-refractivity contribution in [2.45, 2.75) is 105 Å². The van der Waals surface area contributed by atoms with Gasteiger partial charge in [0.1, 0.15) is 11.5 Å². The summed E-state index contributed by atoms with van der Waals surface area (Å²) in [4.78, 5) is 13.8. The number of Topliss-reactive ketones (excluding diaryl/α,β-unsaturated/α-hetero) is 1. The standard InChI is InChI=1S/C30H36N2O4.C6H14/c1-6-18(4)26-15-20(27-16-31-32-30(27)36-19(5)7-2)9-11-25(26)24(8-3)29(34)22-13-21-14-23(33)10-12-28(21)35-17-22;1-3-5-6-4-2/h8-12,14-16,18-19,22,33H,6-7,13,17H2,1-5H3,(H,31,32);3-6H2,1-2H3/b24-8+;. The minimum Gasteiger partial charge on any atom is -0.508 e. The van der Waals surface area contributed by atoms with Crippen LogP contribution in [0.5, 0.6) is 17.4 Å². The van der Waals surface area contributed by atoms with Crippen molar-refractivity contribution < 1.29 is 19.4 Å². The molecular formula is C36H50N2O4. The number of rotatable bonds is 12. The first-order valence-corrected chi connectivity index (χ1v) is 15.8. The molecular weight excluding hydrogens is 524 g/mol. The number of nitrogens with one attached hydrogen (secondary N) is 1. The fraction of sp³-hybridized carbons (Fsp3) is 0.500. The molecule has 1 aliphatic heterocycles. The summed E-state index contributed by atoms with van der Waals surface area (Å²) >= 11 is 0. The van der Waals surface area contributed by atoms with Crippen molar-refractivity contribution in [2.75, 3.05) is 6.61 Å². The zero-order valence-corrected chi connectivity index (χ0v) is 26.6. The number of nitrogens with zero attached hydrogens (tertiary/aromatic N) is 1. The maximum Gasteiger partial charge on any atom is 0.217 e. The number of aromatic amines is 1. The fourth-order valence-electron chi connectivity index (χ4n) is 5.16. The molecule has 42 heavy (non-hydrogen) atoms. The summed E-state index contributed by atoms with van der Waals surface area (Å²) in [6.07, 6.45) is 11.7. The Kier molecular flexibility index (Phi) is 12.7. The molecule has 6 nitrogen and oxygen atoms in total. The van der Waals surface area contributed by atoms with E-state index >= 15 is 0 Å². The third-order valence-electron chi connectivity index (χ3n) is 8.13. The number of benzene rings is 2. The SMILES string of the molecule is C/C=C(/C(=O)C1COc2ccc(O)cc2C1)c1ccc(-c2cn[nH]c2OC(C)CC)cc1C(C)CC.CCCCCC. The number of aromatic hydroxyl groups is 1. The van der Waals surface area contributed by atoms with E-state index in [0.29, 0.717) is 24.5 Å². The number of aromatic nitrogens is 2. The lowest BCUT2D eigenvalue weighted by Crippen LogP contribution is -2.29. The molecule has 3 atom stereocenters. The van der Waals surface area contributed by atoms with Crippen molar-refractivity contribution in [1.82, 2.24) is 10.2 Å². The largest absolute Gasteiger partial charge is 0.508 e. The Hall–Kier alpha value is -3.54. The molecule has 0 saturated heterocycles. The van der Waals surface area contributed by atoms with E-state index in [2.05, 4.69) is 50.9 Å². The van der Waals surface area contributed by atoms with Gasteiger partial charge in [-0.3, -0.25) is 4.79 Å². The van der Waals surface area contributed by atoms with Crippen LogP contribution in [-0.4, -0.2) is 33.8 Å². The lowest BCUT2D eigenvalue weighted by molar-refractivity contribution is -0.118. The van der Waals surface area contributed by atoms with Gasteiger partial charge in [0.05, 0.1) is 30.4 Å². The number of carbonyl (C=O) groups excluding carboxylic acids is 1. The van der Waals surface area contributed by atoms with Crippen LogP contribution in [0, 0.1) is 5.92 Å². The number of unbranched alkanes of at least 4 members (excludes halogenated alkanes) is 3. The molecule has 0 aliphatic carbocycles. The predicted octanol–water partition coefficient (Wildman–Crippen LogP) is 9.28. The van der Waals surface area contributed by atoms with Crippen LogP contribution in [-0.2, 0) is 11.2 Å². The van der Waals surface area contributed by atoms with Crippen LogP contribution >= 0.6 is 0 Å². The van der Waals surface area contributed by atoms with Gasteiger partial charge in [0, 0.05) is 5.57 Å². The molecule has 2 N–H and O–H groups in total. The minimum absolute atomic E-state index is 0.0629. The van der Waals surface area contributed by atoms with Crippen LogP contribution in [0.15, 0.2) is 48.7 Å². The molecule has 0 radical (unpaired) electrons. The number of phenols is 1. The number of hydrogen-bond acceptors (Lipinski definition) is 5. The number of carbonyl (C=O) groups is 1. The molecule has 0 saturated carbocycles.